The molecule has 0 spiro atoms. The maximum atomic E-state index is 6.03. The Labute approximate surface area is 161 Å². The third-order valence-electron chi connectivity index (χ3n) is 3.70. The molecule has 0 unspecified atom stereocenters. The molecule has 2 aromatic carbocycles. The van der Waals surface area contributed by atoms with E-state index in [-0.39, 0.29) is 0 Å². The molecule has 0 N–H and O–H groups in total. The molecule has 130 valence electrons. The van der Waals surface area contributed by atoms with Gasteiger partial charge in [0.25, 0.3) is 0 Å². The summed E-state index contributed by atoms with van der Waals surface area (Å²) in [6.45, 7) is 2.30. The fourth-order valence-corrected chi connectivity index (χ4v) is 3.31. The topological polar surface area (TPSA) is 39.9 Å². The summed E-state index contributed by atoms with van der Waals surface area (Å²) in [5.74, 6) is 2.34. The highest BCUT2D eigenvalue weighted by atomic mass is 35.5. The van der Waals surface area contributed by atoms with Gasteiger partial charge in [0.2, 0.25) is 0 Å². The molecular formula is C18H17Cl2N3OS. The second kappa shape index (κ2) is 8.13. The largest absolute Gasteiger partial charge is 0.486 e. The van der Waals surface area contributed by atoms with Crippen molar-refractivity contribution < 1.29 is 4.74 Å². The van der Waals surface area contributed by atoms with E-state index in [9.17, 15) is 0 Å². The quantitative estimate of drug-likeness (QED) is 0.532. The first-order chi connectivity index (χ1) is 12.0. The van der Waals surface area contributed by atoms with Crippen LogP contribution in [0.5, 0.6) is 5.75 Å². The van der Waals surface area contributed by atoms with Gasteiger partial charge in [-0.15, -0.1) is 10.2 Å². The van der Waals surface area contributed by atoms with Gasteiger partial charge < -0.3 is 9.30 Å². The third kappa shape index (κ3) is 4.69. The summed E-state index contributed by atoms with van der Waals surface area (Å²) in [6, 6.07) is 13.4. The van der Waals surface area contributed by atoms with Gasteiger partial charge in [-0.25, -0.2) is 0 Å². The first-order valence-corrected chi connectivity index (χ1v) is 9.41. The lowest BCUT2D eigenvalue weighted by atomic mass is 10.2. The molecule has 0 amide bonds. The van der Waals surface area contributed by atoms with E-state index in [4.69, 9.17) is 27.9 Å². The second-order valence-electron chi connectivity index (χ2n) is 5.57. The van der Waals surface area contributed by atoms with Gasteiger partial charge in [-0.3, -0.25) is 0 Å². The van der Waals surface area contributed by atoms with Crippen molar-refractivity contribution >= 4 is 35.0 Å². The highest BCUT2D eigenvalue weighted by molar-refractivity contribution is 7.98. The van der Waals surface area contributed by atoms with Crippen molar-refractivity contribution in [3.8, 4) is 5.75 Å². The Hall–Kier alpha value is -1.69. The lowest BCUT2D eigenvalue weighted by molar-refractivity contribution is 0.290. The summed E-state index contributed by atoms with van der Waals surface area (Å²) in [4.78, 5) is 0. The minimum atomic E-state index is 0.353. The first-order valence-electron chi connectivity index (χ1n) is 7.67. The van der Waals surface area contributed by atoms with Crippen molar-refractivity contribution in [1.29, 1.82) is 0 Å². The van der Waals surface area contributed by atoms with Crippen molar-refractivity contribution in [2.45, 2.75) is 24.4 Å². The van der Waals surface area contributed by atoms with E-state index in [1.54, 1.807) is 11.8 Å². The summed E-state index contributed by atoms with van der Waals surface area (Å²) in [7, 11) is 1.94. The van der Waals surface area contributed by atoms with E-state index in [2.05, 4.69) is 10.2 Å². The zero-order valence-electron chi connectivity index (χ0n) is 13.9. The number of aromatic nitrogens is 3. The van der Waals surface area contributed by atoms with Crippen LogP contribution in [0.25, 0.3) is 0 Å². The number of ether oxygens (including phenoxy) is 1. The van der Waals surface area contributed by atoms with E-state index in [1.807, 2.05) is 61.0 Å². The molecule has 0 fully saturated rings. The minimum absolute atomic E-state index is 0.353. The lowest BCUT2D eigenvalue weighted by Gasteiger charge is -2.08. The summed E-state index contributed by atoms with van der Waals surface area (Å²) < 4.78 is 7.74. The van der Waals surface area contributed by atoms with Gasteiger partial charge in [0.15, 0.2) is 11.0 Å². The Morgan fingerprint density at radius 2 is 1.84 bits per heavy atom. The molecule has 4 nitrogen and oxygen atoms in total. The molecule has 1 heterocycles. The zero-order chi connectivity index (χ0) is 17.8. The number of thioether (sulfide) groups is 1. The number of halogens is 2. The highest BCUT2D eigenvalue weighted by Gasteiger charge is 2.10. The fourth-order valence-electron chi connectivity index (χ4n) is 2.18. The second-order valence-corrected chi connectivity index (χ2v) is 7.36. The molecule has 25 heavy (non-hydrogen) atoms. The van der Waals surface area contributed by atoms with Crippen molar-refractivity contribution in [2.75, 3.05) is 0 Å². The van der Waals surface area contributed by atoms with Crippen LogP contribution in [0.4, 0.5) is 0 Å². The Morgan fingerprint density at radius 3 is 2.56 bits per heavy atom. The Kier molecular flexibility index (Phi) is 5.89. The SMILES string of the molecule is Cc1cc(OCc2nnc(SCc3ccc(Cl)cc3)n2C)ccc1Cl. The van der Waals surface area contributed by atoms with E-state index < -0.39 is 0 Å². The molecule has 0 bridgehead atoms. The summed E-state index contributed by atoms with van der Waals surface area (Å²) >= 11 is 13.6. The van der Waals surface area contributed by atoms with Gasteiger partial charge in [0.05, 0.1) is 0 Å². The lowest BCUT2D eigenvalue weighted by Crippen LogP contribution is -2.04. The first kappa shape index (κ1) is 18.1. The van der Waals surface area contributed by atoms with Crippen LogP contribution < -0.4 is 4.74 Å². The van der Waals surface area contributed by atoms with Crippen LogP contribution in [0, 0.1) is 6.92 Å². The normalized spacial score (nSPS) is 10.9. The molecule has 0 aliphatic rings. The molecular weight excluding hydrogens is 377 g/mol. The fraction of sp³-hybridized carbons (Fsp3) is 0.222. The maximum Gasteiger partial charge on any atom is 0.191 e. The van der Waals surface area contributed by atoms with Gasteiger partial charge in [0, 0.05) is 22.8 Å². The summed E-state index contributed by atoms with van der Waals surface area (Å²) in [5, 5.41) is 10.8. The molecule has 0 aliphatic heterocycles. The summed E-state index contributed by atoms with van der Waals surface area (Å²) in [6.07, 6.45) is 0. The van der Waals surface area contributed by atoms with Gasteiger partial charge in [-0.05, 0) is 48.4 Å². The van der Waals surface area contributed by atoms with Gasteiger partial charge in [-0.1, -0.05) is 47.1 Å². The van der Waals surface area contributed by atoms with Gasteiger partial charge in [-0.2, -0.15) is 0 Å². The molecule has 7 heteroatoms. The van der Waals surface area contributed by atoms with E-state index in [0.29, 0.717) is 6.61 Å². The number of rotatable bonds is 6. The van der Waals surface area contributed by atoms with E-state index in [1.165, 1.54) is 5.56 Å². The van der Waals surface area contributed by atoms with Crippen LogP contribution in [-0.4, -0.2) is 14.8 Å². The molecule has 0 atom stereocenters. The number of nitrogens with zero attached hydrogens (tertiary/aromatic N) is 3. The smallest absolute Gasteiger partial charge is 0.191 e. The van der Waals surface area contributed by atoms with E-state index in [0.717, 1.165) is 38.1 Å². The van der Waals surface area contributed by atoms with Crippen LogP contribution in [0.1, 0.15) is 17.0 Å². The number of hydrogen-bond donors (Lipinski definition) is 0. The summed E-state index contributed by atoms with van der Waals surface area (Å²) in [5.41, 5.74) is 2.17. The Morgan fingerprint density at radius 1 is 1.08 bits per heavy atom. The molecule has 3 rings (SSSR count). The van der Waals surface area contributed by atoms with Crippen LogP contribution in [0.3, 0.4) is 0 Å². The van der Waals surface area contributed by atoms with Crippen LogP contribution in [0.2, 0.25) is 10.0 Å². The predicted octanol–water partition coefficient (Wildman–Crippen LogP) is 5.30. The van der Waals surface area contributed by atoms with Gasteiger partial charge in [0.1, 0.15) is 12.4 Å². The van der Waals surface area contributed by atoms with Crippen LogP contribution >= 0.6 is 35.0 Å². The molecule has 1 aromatic heterocycles. The molecule has 0 radical (unpaired) electrons. The average Bonchev–Trinajstić information content (AvgIpc) is 2.95. The molecule has 0 saturated heterocycles. The number of hydrogen-bond acceptors (Lipinski definition) is 4. The zero-order valence-corrected chi connectivity index (χ0v) is 16.2. The maximum absolute atomic E-state index is 6.03. The average molecular weight is 394 g/mol. The number of aryl methyl sites for hydroxylation is 1. The van der Waals surface area contributed by atoms with Crippen molar-refractivity contribution in [3.63, 3.8) is 0 Å². The van der Waals surface area contributed by atoms with Gasteiger partial charge >= 0.3 is 0 Å². The number of benzene rings is 2. The van der Waals surface area contributed by atoms with Crippen molar-refractivity contribution in [1.82, 2.24) is 14.8 Å². The third-order valence-corrected chi connectivity index (χ3v) is 5.47. The predicted molar refractivity (Wildman–Crippen MR) is 103 cm³/mol. The minimum Gasteiger partial charge on any atom is -0.486 e. The van der Waals surface area contributed by atoms with Crippen LogP contribution in [0.15, 0.2) is 47.6 Å². The Balaban J connectivity index is 1.60. The monoisotopic (exact) mass is 393 g/mol. The molecule has 0 aliphatic carbocycles. The van der Waals surface area contributed by atoms with E-state index >= 15 is 0 Å². The highest BCUT2D eigenvalue weighted by Crippen LogP contribution is 2.24. The Bertz CT molecular complexity index is 865. The van der Waals surface area contributed by atoms with Crippen LogP contribution in [-0.2, 0) is 19.4 Å². The molecule has 0 saturated carbocycles. The molecule has 3 aromatic rings. The van der Waals surface area contributed by atoms with Crippen molar-refractivity contribution in [3.05, 3.63) is 69.5 Å². The van der Waals surface area contributed by atoms with Crippen molar-refractivity contribution in [2.24, 2.45) is 7.05 Å². The standard InChI is InChI=1S/C18H17Cl2N3OS/c1-12-9-15(7-8-16(12)20)24-10-17-21-22-18(23(17)2)25-11-13-3-5-14(19)6-4-13/h3-9H,10-11H2,1-2H3.